The van der Waals surface area contributed by atoms with Crippen LogP contribution in [0, 0.1) is 0 Å². The maximum Gasteiger partial charge on any atom is 0.184 e. The molecule has 2 aromatic carbocycles. The fraction of sp³-hybridized carbons (Fsp3) is 0.409. The first-order chi connectivity index (χ1) is 12.6. The first kappa shape index (κ1) is 21.0. The normalized spacial score (nSPS) is 12.1. The van der Waals surface area contributed by atoms with Gasteiger partial charge in [0.15, 0.2) is 5.78 Å². The molecule has 1 atom stereocenters. The van der Waals surface area contributed by atoms with Crippen molar-refractivity contribution in [1.29, 1.82) is 0 Å². The number of benzene rings is 2. The van der Waals surface area contributed by atoms with Crippen LogP contribution >= 0.6 is 23.2 Å². The maximum absolute atomic E-state index is 13.0. The molecule has 2 rings (SSSR count). The average molecular weight is 392 g/mol. The van der Waals surface area contributed by atoms with Gasteiger partial charge in [-0.2, -0.15) is 0 Å². The zero-order valence-electron chi connectivity index (χ0n) is 15.3. The minimum atomic E-state index is -0.371. The smallest absolute Gasteiger partial charge is 0.184 e. The van der Waals surface area contributed by atoms with Gasteiger partial charge in [-0.15, -0.1) is 0 Å². The lowest BCUT2D eigenvalue weighted by Gasteiger charge is -2.18. The van der Waals surface area contributed by atoms with Crippen molar-refractivity contribution >= 4 is 29.0 Å². The number of nitrogens with one attached hydrogen (secondary N) is 1. The van der Waals surface area contributed by atoms with E-state index >= 15 is 0 Å². The predicted octanol–water partition coefficient (Wildman–Crippen LogP) is 6.87. The molecule has 0 saturated carbocycles. The second kappa shape index (κ2) is 11.4. The first-order valence-corrected chi connectivity index (χ1v) is 10.2. The quantitative estimate of drug-likeness (QED) is 0.334. The molecule has 0 heterocycles. The van der Waals surface area contributed by atoms with Gasteiger partial charge in [-0.05, 0) is 54.9 Å². The summed E-state index contributed by atoms with van der Waals surface area (Å²) in [6, 6.07) is 14.2. The van der Waals surface area contributed by atoms with Crippen molar-refractivity contribution in [2.45, 2.75) is 51.5 Å². The molecule has 2 aromatic rings. The number of unbranched alkanes of at least 4 members (excludes halogenated alkanes) is 5. The van der Waals surface area contributed by atoms with Crippen LogP contribution in [-0.2, 0) is 0 Å². The molecule has 0 unspecified atom stereocenters. The van der Waals surface area contributed by atoms with Gasteiger partial charge >= 0.3 is 0 Å². The molecule has 2 nitrogen and oxygen atoms in total. The predicted molar refractivity (Wildman–Crippen MR) is 111 cm³/mol. The minimum Gasteiger partial charge on any atom is -0.303 e. The van der Waals surface area contributed by atoms with Crippen LogP contribution in [0.15, 0.2) is 48.5 Å². The summed E-state index contributed by atoms with van der Waals surface area (Å²) in [6.45, 7) is 3.04. The average Bonchev–Trinajstić information content (AvgIpc) is 2.65. The van der Waals surface area contributed by atoms with E-state index in [9.17, 15) is 4.79 Å². The van der Waals surface area contributed by atoms with E-state index in [4.69, 9.17) is 23.2 Å². The summed E-state index contributed by atoms with van der Waals surface area (Å²) in [5.41, 5.74) is 1.59. The topological polar surface area (TPSA) is 29.1 Å². The molecule has 0 aliphatic carbocycles. The van der Waals surface area contributed by atoms with Crippen molar-refractivity contribution in [3.05, 3.63) is 69.7 Å². The second-order valence-electron chi connectivity index (χ2n) is 6.58. The zero-order chi connectivity index (χ0) is 18.8. The van der Waals surface area contributed by atoms with Gasteiger partial charge in [-0.1, -0.05) is 74.4 Å². The Hall–Kier alpha value is -1.35. The van der Waals surface area contributed by atoms with Gasteiger partial charge in [0.1, 0.15) is 0 Å². The van der Waals surface area contributed by atoms with Gasteiger partial charge in [0.05, 0.1) is 6.04 Å². The van der Waals surface area contributed by atoms with Crippen LogP contribution in [0.25, 0.3) is 0 Å². The van der Waals surface area contributed by atoms with Crippen molar-refractivity contribution in [2.24, 2.45) is 0 Å². The molecule has 0 saturated heterocycles. The van der Waals surface area contributed by atoms with Crippen LogP contribution in [0.2, 0.25) is 10.0 Å². The number of hydrogen-bond donors (Lipinski definition) is 1. The van der Waals surface area contributed by atoms with Crippen LogP contribution < -0.4 is 5.32 Å². The Labute approximate surface area is 166 Å². The minimum absolute atomic E-state index is 0.0509. The molecule has 0 fully saturated rings. The molecule has 26 heavy (non-hydrogen) atoms. The third-order valence-electron chi connectivity index (χ3n) is 4.47. The first-order valence-electron chi connectivity index (χ1n) is 9.40. The molecule has 0 aromatic heterocycles. The number of Topliss-reactive ketones (excluding diaryl/α,β-unsaturated/α-hetero) is 1. The summed E-state index contributed by atoms with van der Waals surface area (Å²) in [5.74, 6) is 0.0509. The van der Waals surface area contributed by atoms with Gasteiger partial charge in [0.2, 0.25) is 0 Å². The van der Waals surface area contributed by atoms with Crippen LogP contribution in [0.5, 0.6) is 0 Å². The molecule has 1 N–H and O–H groups in total. The highest BCUT2D eigenvalue weighted by molar-refractivity contribution is 6.31. The largest absolute Gasteiger partial charge is 0.303 e. The van der Waals surface area contributed by atoms with E-state index in [1.54, 1.807) is 24.3 Å². The molecule has 0 spiro atoms. The molecular weight excluding hydrogens is 365 g/mol. The lowest BCUT2D eigenvalue weighted by molar-refractivity contribution is 0.0942. The van der Waals surface area contributed by atoms with Gasteiger partial charge in [0.25, 0.3) is 0 Å². The molecule has 0 radical (unpaired) electrons. The summed E-state index contributed by atoms with van der Waals surface area (Å²) in [6.07, 6.45) is 7.37. The molecule has 0 amide bonds. The summed E-state index contributed by atoms with van der Waals surface area (Å²) < 4.78 is 0. The number of ketones is 1. The maximum atomic E-state index is 13.0. The molecular formula is C22H27Cl2NO. The van der Waals surface area contributed by atoms with E-state index in [2.05, 4.69) is 12.2 Å². The number of rotatable bonds is 11. The standard InChI is InChI=1S/C22H27Cl2NO/c1-2-3-4-5-6-7-16-25-21(17-8-12-19(23)13-9-17)22(26)18-10-14-20(24)15-11-18/h8-15,21,25H,2-7,16H2,1H3/t21-/m0/s1. The van der Waals surface area contributed by atoms with E-state index in [0.29, 0.717) is 15.6 Å². The molecule has 140 valence electrons. The molecule has 4 heteroatoms. The van der Waals surface area contributed by atoms with Gasteiger partial charge < -0.3 is 5.32 Å². The van der Waals surface area contributed by atoms with Crippen LogP contribution in [-0.4, -0.2) is 12.3 Å². The fourth-order valence-electron chi connectivity index (χ4n) is 2.95. The highest BCUT2D eigenvalue weighted by atomic mass is 35.5. The summed E-state index contributed by atoms with van der Waals surface area (Å²) in [7, 11) is 0. The second-order valence-corrected chi connectivity index (χ2v) is 7.45. The van der Waals surface area contributed by atoms with Crippen molar-refractivity contribution in [2.75, 3.05) is 6.54 Å². The number of carbonyl (C=O) groups is 1. The van der Waals surface area contributed by atoms with E-state index < -0.39 is 0 Å². The van der Waals surface area contributed by atoms with Crippen LogP contribution in [0.1, 0.15) is 67.4 Å². The van der Waals surface area contributed by atoms with E-state index in [1.165, 1.54) is 32.1 Å². The highest BCUT2D eigenvalue weighted by Crippen LogP contribution is 2.22. The SMILES string of the molecule is CCCCCCCCN[C@H](C(=O)c1ccc(Cl)cc1)c1ccc(Cl)cc1. The molecule has 0 bridgehead atoms. The summed E-state index contributed by atoms with van der Waals surface area (Å²) >= 11 is 11.9. The Morgan fingerprint density at radius 2 is 1.38 bits per heavy atom. The Balaban J connectivity index is 2.01. The van der Waals surface area contributed by atoms with Gasteiger partial charge in [0, 0.05) is 15.6 Å². The van der Waals surface area contributed by atoms with Crippen molar-refractivity contribution in [1.82, 2.24) is 5.32 Å². The number of hydrogen-bond acceptors (Lipinski definition) is 2. The Bertz CT molecular complexity index is 668. The molecule has 0 aliphatic heterocycles. The van der Waals surface area contributed by atoms with Crippen molar-refractivity contribution < 1.29 is 4.79 Å². The number of halogens is 2. The zero-order valence-corrected chi connectivity index (χ0v) is 16.8. The lowest BCUT2D eigenvalue weighted by atomic mass is 9.97. The monoisotopic (exact) mass is 391 g/mol. The number of carbonyl (C=O) groups excluding carboxylic acids is 1. The van der Waals surface area contributed by atoms with E-state index in [0.717, 1.165) is 18.5 Å². The van der Waals surface area contributed by atoms with E-state index in [-0.39, 0.29) is 11.8 Å². The lowest BCUT2D eigenvalue weighted by Crippen LogP contribution is -2.29. The highest BCUT2D eigenvalue weighted by Gasteiger charge is 2.21. The summed E-state index contributed by atoms with van der Waals surface area (Å²) in [5, 5.41) is 4.73. The summed E-state index contributed by atoms with van der Waals surface area (Å²) in [4.78, 5) is 13.0. The van der Waals surface area contributed by atoms with Gasteiger partial charge in [-0.3, -0.25) is 4.79 Å². The molecule has 0 aliphatic rings. The fourth-order valence-corrected chi connectivity index (χ4v) is 3.20. The van der Waals surface area contributed by atoms with Gasteiger partial charge in [-0.25, -0.2) is 0 Å². The van der Waals surface area contributed by atoms with Crippen LogP contribution in [0.3, 0.4) is 0 Å². The Morgan fingerprint density at radius 3 is 2.00 bits per heavy atom. The Morgan fingerprint density at radius 1 is 0.846 bits per heavy atom. The van der Waals surface area contributed by atoms with Crippen molar-refractivity contribution in [3.63, 3.8) is 0 Å². The van der Waals surface area contributed by atoms with Crippen molar-refractivity contribution in [3.8, 4) is 0 Å². The van der Waals surface area contributed by atoms with Crippen LogP contribution in [0.4, 0.5) is 0 Å². The van der Waals surface area contributed by atoms with E-state index in [1.807, 2.05) is 24.3 Å². The Kier molecular flexibility index (Phi) is 9.17. The third kappa shape index (κ3) is 6.75. The third-order valence-corrected chi connectivity index (χ3v) is 4.98.